The van der Waals surface area contributed by atoms with Crippen LogP contribution in [-0.4, -0.2) is 58.9 Å². The van der Waals surface area contributed by atoms with Crippen molar-refractivity contribution < 1.29 is 38.6 Å². The lowest BCUT2D eigenvalue weighted by Crippen LogP contribution is -2.61. The van der Waals surface area contributed by atoms with Gasteiger partial charge in [-0.1, -0.05) is 61.8 Å². The molecular formula is C30H41NO8. The topological polar surface area (TPSA) is 136 Å². The second-order valence-corrected chi connectivity index (χ2v) is 10.6. The summed E-state index contributed by atoms with van der Waals surface area (Å²) in [6.07, 6.45) is 9.89. The third kappa shape index (κ3) is 8.58. The molecule has 3 rings (SSSR count). The van der Waals surface area contributed by atoms with Crippen LogP contribution >= 0.6 is 0 Å². The number of allylic oxidation sites excluding steroid dienone is 4. The molecule has 0 unspecified atom stereocenters. The zero-order valence-corrected chi connectivity index (χ0v) is 23.7. The van der Waals surface area contributed by atoms with Gasteiger partial charge in [0.15, 0.2) is 5.78 Å². The average Bonchev–Trinajstić information content (AvgIpc) is 2.88. The standard InChI is InChI=1S/C30H41NO8/c1-7-8-9-26(34)38-23-14-11-18(2)10-13-22(33)17-24-20(4)27(35)30(6,29(37)39-24)25(16-19(3)12-15-23)31-28(36)21(5)32/h10-13,15-16,20,22-25,33H,7-9,14,17H2,1-6H3,(H,31,36)/b13-10+,15-12-,18-11-,19-16-/t20-,22-,23+,24-,25-,30+/m1/s1. The minimum Gasteiger partial charge on any atom is -0.461 e. The predicted molar refractivity (Wildman–Crippen MR) is 145 cm³/mol. The number of carbonyl (C=O) groups is 5. The van der Waals surface area contributed by atoms with Crippen molar-refractivity contribution in [1.82, 2.24) is 5.32 Å². The molecule has 0 saturated carbocycles. The summed E-state index contributed by atoms with van der Waals surface area (Å²) in [5.74, 6) is -4.13. The number of esters is 2. The van der Waals surface area contributed by atoms with E-state index >= 15 is 0 Å². The van der Waals surface area contributed by atoms with Gasteiger partial charge in [0, 0.05) is 26.2 Å². The van der Waals surface area contributed by atoms with E-state index in [-0.39, 0.29) is 12.4 Å². The van der Waals surface area contributed by atoms with Crippen molar-refractivity contribution in [2.45, 2.75) is 98.0 Å². The van der Waals surface area contributed by atoms with Crippen LogP contribution in [0.3, 0.4) is 0 Å². The molecule has 2 N–H and O–H groups in total. The Bertz CT molecular complexity index is 1080. The van der Waals surface area contributed by atoms with Crippen LogP contribution in [0.25, 0.3) is 0 Å². The molecular weight excluding hydrogens is 502 g/mol. The molecule has 2 aliphatic heterocycles. The van der Waals surface area contributed by atoms with Gasteiger partial charge < -0.3 is 19.9 Å². The lowest BCUT2D eigenvalue weighted by atomic mass is 9.69. The number of Topliss-reactive ketones (excluding diaryl/α,β-unsaturated/α-hetero) is 2. The van der Waals surface area contributed by atoms with Crippen molar-refractivity contribution in [3.63, 3.8) is 0 Å². The highest BCUT2D eigenvalue weighted by atomic mass is 16.6. The molecule has 0 aromatic rings. The van der Waals surface area contributed by atoms with Gasteiger partial charge in [-0.25, -0.2) is 0 Å². The number of aliphatic hydroxyl groups excluding tert-OH is 1. The minimum atomic E-state index is -1.81. The summed E-state index contributed by atoms with van der Waals surface area (Å²) < 4.78 is 11.3. The van der Waals surface area contributed by atoms with E-state index in [0.29, 0.717) is 24.8 Å². The maximum Gasteiger partial charge on any atom is 0.322 e. The average molecular weight is 544 g/mol. The number of carbonyl (C=O) groups excluding carboxylic acids is 5. The van der Waals surface area contributed by atoms with E-state index in [1.807, 2.05) is 19.9 Å². The summed E-state index contributed by atoms with van der Waals surface area (Å²) in [6, 6.07) is -1.19. The summed E-state index contributed by atoms with van der Waals surface area (Å²) in [5, 5.41) is 13.1. The smallest absolute Gasteiger partial charge is 0.322 e. The van der Waals surface area contributed by atoms with Crippen LogP contribution in [0.2, 0.25) is 0 Å². The third-order valence-corrected chi connectivity index (χ3v) is 7.14. The highest BCUT2D eigenvalue weighted by Crippen LogP contribution is 2.38. The van der Waals surface area contributed by atoms with E-state index < -0.39 is 59.1 Å². The van der Waals surface area contributed by atoms with E-state index in [1.165, 1.54) is 13.0 Å². The van der Waals surface area contributed by atoms with Crippen LogP contribution in [0.15, 0.2) is 47.6 Å². The normalized spacial score (nSPS) is 34.4. The molecule has 9 heteroatoms. The minimum absolute atomic E-state index is 0.0110. The maximum atomic E-state index is 13.6. The first-order valence-corrected chi connectivity index (χ1v) is 13.5. The summed E-state index contributed by atoms with van der Waals surface area (Å²) in [4.78, 5) is 63.4. The molecule has 0 aromatic heterocycles. The Morgan fingerprint density at radius 3 is 2.46 bits per heavy atom. The molecule has 6 atom stereocenters. The second-order valence-electron chi connectivity index (χ2n) is 10.6. The molecule has 0 radical (unpaired) electrons. The molecule has 2 bridgehead atoms. The Kier molecular flexibility index (Phi) is 11.6. The molecule has 1 amide bonds. The molecule has 0 aromatic carbocycles. The number of hydrogen-bond donors (Lipinski definition) is 2. The number of aliphatic hydroxyl groups is 1. The van der Waals surface area contributed by atoms with Crippen LogP contribution in [0.1, 0.15) is 73.6 Å². The van der Waals surface area contributed by atoms with Crippen LogP contribution in [0.5, 0.6) is 0 Å². The highest BCUT2D eigenvalue weighted by Gasteiger charge is 2.56. The molecule has 1 saturated heterocycles. The number of rotatable bonds is 6. The summed E-state index contributed by atoms with van der Waals surface area (Å²) in [6.45, 7) is 9.64. The molecule has 2 heterocycles. The zero-order valence-electron chi connectivity index (χ0n) is 23.7. The van der Waals surface area contributed by atoms with Crippen LogP contribution in [-0.2, 0) is 33.4 Å². The Labute approximate surface area is 230 Å². The van der Waals surface area contributed by atoms with E-state index in [4.69, 9.17) is 9.47 Å². The van der Waals surface area contributed by atoms with Gasteiger partial charge in [-0.2, -0.15) is 0 Å². The van der Waals surface area contributed by atoms with E-state index in [9.17, 15) is 29.1 Å². The molecule has 214 valence electrons. The first-order chi connectivity index (χ1) is 18.3. The fraction of sp³-hybridized carbons (Fsp3) is 0.567. The van der Waals surface area contributed by atoms with Crippen LogP contribution in [0, 0.1) is 11.3 Å². The Morgan fingerprint density at radius 1 is 1.15 bits per heavy atom. The maximum absolute atomic E-state index is 13.6. The molecule has 3 aliphatic rings. The third-order valence-electron chi connectivity index (χ3n) is 7.14. The fourth-order valence-electron chi connectivity index (χ4n) is 4.47. The monoisotopic (exact) mass is 543 g/mol. The lowest BCUT2D eigenvalue weighted by Gasteiger charge is -2.42. The molecule has 0 spiro atoms. The molecule has 9 nitrogen and oxygen atoms in total. The second kappa shape index (κ2) is 14.2. The van der Waals surface area contributed by atoms with E-state index in [1.54, 1.807) is 38.2 Å². The first kappa shape index (κ1) is 31.9. The van der Waals surface area contributed by atoms with Gasteiger partial charge in [-0.15, -0.1) is 0 Å². The summed E-state index contributed by atoms with van der Waals surface area (Å²) in [5.41, 5.74) is -0.414. The van der Waals surface area contributed by atoms with Gasteiger partial charge >= 0.3 is 11.9 Å². The quantitative estimate of drug-likeness (QED) is 0.295. The number of fused-ring (bicyclic) bond motifs is 10. The van der Waals surface area contributed by atoms with Crippen LogP contribution < -0.4 is 5.32 Å². The number of amides is 1. The SMILES string of the molecule is CCCCC(=O)O[C@@H]1/C=C\C(C)=C/[C@@H](NC(=O)C(C)=O)[C@]2(C)C(=O)O[C@H](C[C@H](O)/C=C/C(C)=C\C1)[C@@H](C)C2=O. The summed E-state index contributed by atoms with van der Waals surface area (Å²) >= 11 is 0. The molecule has 1 aliphatic carbocycles. The number of hydrogen-bond acceptors (Lipinski definition) is 8. The van der Waals surface area contributed by atoms with E-state index in [0.717, 1.165) is 18.9 Å². The van der Waals surface area contributed by atoms with Crippen molar-refractivity contribution >= 4 is 29.4 Å². The van der Waals surface area contributed by atoms with E-state index in [2.05, 4.69) is 5.32 Å². The van der Waals surface area contributed by atoms with Crippen molar-refractivity contribution in [2.24, 2.45) is 11.3 Å². The van der Waals surface area contributed by atoms with Gasteiger partial charge in [0.05, 0.1) is 18.1 Å². The lowest BCUT2D eigenvalue weighted by molar-refractivity contribution is -0.181. The van der Waals surface area contributed by atoms with Crippen molar-refractivity contribution in [3.8, 4) is 0 Å². The van der Waals surface area contributed by atoms with Gasteiger partial charge in [0.2, 0.25) is 5.78 Å². The molecule has 39 heavy (non-hydrogen) atoms. The van der Waals surface area contributed by atoms with Crippen molar-refractivity contribution in [1.29, 1.82) is 0 Å². The predicted octanol–water partition coefficient (Wildman–Crippen LogP) is 3.46. The number of ketones is 2. The highest BCUT2D eigenvalue weighted by molar-refractivity contribution is 6.35. The first-order valence-electron chi connectivity index (χ1n) is 13.5. The van der Waals surface area contributed by atoms with Gasteiger partial charge in [0.25, 0.3) is 5.91 Å². The number of unbranched alkanes of at least 4 members (excludes halogenated alkanes) is 1. The number of ether oxygens (including phenoxy) is 2. The van der Waals surface area contributed by atoms with Gasteiger partial charge in [-0.05, 0) is 33.3 Å². The largest absolute Gasteiger partial charge is 0.461 e. The van der Waals surface area contributed by atoms with Gasteiger partial charge in [0.1, 0.15) is 17.6 Å². The van der Waals surface area contributed by atoms with Crippen molar-refractivity contribution in [3.05, 3.63) is 47.6 Å². The van der Waals surface area contributed by atoms with Crippen LogP contribution in [0.4, 0.5) is 0 Å². The zero-order chi connectivity index (χ0) is 29.3. The Balaban J connectivity index is 2.57. The fourth-order valence-corrected chi connectivity index (χ4v) is 4.47. The van der Waals surface area contributed by atoms with Crippen molar-refractivity contribution in [2.75, 3.05) is 0 Å². The Morgan fingerprint density at radius 2 is 1.82 bits per heavy atom. The molecule has 1 fully saturated rings. The Hall–Kier alpha value is -3.33. The van der Waals surface area contributed by atoms with Gasteiger partial charge in [-0.3, -0.25) is 24.0 Å². The summed E-state index contributed by atoms with van der Waals surface area (Å²) in [7, 11) is 0. The number of nitrogens with one attached hydrogen (secondary N) is 1.